The van der Waals surface area contributed by atoms with Gasteiger partial charge in [0.25, 0.3) is 10.0 Å². The van der Waals surface area contributed by atoms with E-state index in [4.69, 9.17) is 9.47 Å². The van der Waals surface area contributed by atoms with Crippen molar-refractivity contribution in [1.82, 2.24) is 5.32 Å². The molecule has 0 fully saturated rings. The molecule has 0 aliphatic rings. The molecule has 1 amide bonds. The fourth-order valence-electron chi connectivity index (χ4n) is 2.32. The minimum absolute atomic E-state index is 0.0966. The average molecular weight is 378 g/mol. The molecule has 0 aromatic heterocycles. The first kappa shape index (κ1) is 19.6. The molecular formula is C18H22N2O5S. The Labute approximate surface area is 153 Å². The normalized spacial score (nSPS) is 10.9. The number of sulfonamides is 1. The molecule has 7 nitrogen and oxygen atoms in total. The Kier molecular flexibility index (Phi) is 6.46. The molecule has 0 aliphatic heterocycles. The van der Waals surface area contributed by atoms with Crippen LogP contribution < -0.4 is 19.5 Å². The van der Waals surface area contributed by atoms with Crippen molar-refractivity contribution in [2.24, 2.45) is 0 Å². The molecule has 2 aromatic rings. The molecule has 0 radical (unpaired) electrons. The van der Waals surface area contributed by atoms with Gasteiger partial charge in [-0.1, -0.05) is 12.1 Å². The van der Waals surface area contributed by atoms with E-state index in [1.165, 1.54) is 33.3 Å². The van der Waals surface area contributed by atoms with Gasteiger partial charge in [0.05, 0.1) is 24.8 Å². The summed E-state index contributed by atoms with van der Waals surface area (Å²) in [4.78, 5) is 11.0. The predicted molar refractivity (Wildman–Crippen MR) is 99.2 cm³/mol. The summed E-state index contributed by atoms with van der Waals surface area (Å²) in [6.07, 6.45) is 0.622. The molecule has 0 heterocycles. The van der Waals surface area contributed by atoms with Crippen LogP contribution in [0.15, 0.2) is 47.4 Å². The van der Waals surface area contributed by atoms with Crippen molar-refractivity contribution in [2.45, 2.75) is 18.2 Å². The van der Waals surface area contributed by atoms with Crippen LogP contribution in [0.1, 0.15) is 12.5 Å². The highest BCUT2D eigenvalue weighted by molar-refractivity contribution is 7.92. The summed E-state index contributed by atoms with van der Waals surface area (Å²) in [5.74, 6) is 0.804. The first-order valence-corrected chi connectivity index (χ1v) is 9.42. The zero-order valence-electron chi connectivity index (χ0n) is 14.9. The van der Waals surface area contributed by atoms with Crippen molar-refractivity contribution in [3.63, 3.8) is 0 Å². The van der Waals surface area contributed by atoms with Gasteiger partial charge in [-0.3, -0.25) is 9.52 Å². The third-order valence-electron chi connectivity index (χ3n) is 3.67. The molecule has 0 aliphatic carbocycles. The van der Waals surface area contributed by atoms with Crippen LogP contribution in [0.2, 0.25) is 0 Å². The monoisotopic (exact) mass is 378 g/mol. The summed E-state index contributed by atoms with van der Waals surface area (Å²) in [5, 5.41) is 2.70. The van der Waals surface area contributed by atoms with E-state index in [2.05, 4.69) is 10.0 Å². The SMILES string of the molecule is COc1ccc(OC)c(NS(=O)(=O)c2ccc(CCNC(C)=O)cc2)c1. The smallest absolute Gasteiger partial charge is 0.262 e. The van der Waals surface area contributed by atoms with Crippen molar-refractivity contribution < 1.29 is 22.7 Å². The third kappa shape index (κ3) is 5.13. The van der Waals surface area contributed by atoms with E-state index >= 15 is 0 Å². The molecule has 0 atom stereocenters. The van der Waals surface area contributed by atoms with E-state index in [9.17, 15) is 13.2 Å². The topological polar surface area (TPSA) is 93.7 Å². The zero-order valence-corrected chi connectivity index (χ0v) is 15.7. The molecule has 2 aromatic carbocycles. The van der Waals surface area contributed by atoms with Crippen LogP contribution >= 0.6 is 0 Å². The highest BCUT2D eigenvalue weighted by Crippen LogP contribution is 2.30. The largest absolute Gasteiger partial charge is 0.497 e. The second-order valence-electron chi connectivity index (χ2n) is 5.55. The molecular weight excluding hydrogens is 356 g/mol. The van der Waals surface area contributed by atoms with E-state index in [1.807, 2.05) is 0 Å². The standard InChI is InChI=1S/C18H22N2O5S/c1-13(21)19-11-10-14-4-7-16(8-5-14)26(22,23)20-17-12-15(24-2)6-9-18(17)25-3/h4-9,12,20H,10-11H2,1-3H3,(H,19,21). The van der Waals surface area contributed by atoms with E-state index in [-0.39, 0.29) is 10.8 Å². The van der Waals surface area contributed by atoms with E-state index in [0.29, 0.717) is 30.2 Å². The number of hydrogen-bond acceptors (Lipinski definition) is 5. The summed E-state index contributed by atoms with van der Waals surface area (Å²) in [6, 6.07) is 11.4. The molecule has 0 spiro atoms. The van der Waals surface area contributed by atoms with Crippen molar-refractivity contribution in [3.8, 4) is 11.5 Å². The highest BCUT2D eigenvalue weighted by Gasteiger charge is 2.17. The minimum Gasteiger partial charge on any atom is -0.497 e. The lowest BCUT2D eigenvalue weighted by atomic mass is 10.1. The lowest BCUT2D eigenvalue weighted by Gasteiger charge is -2.13. The average Bonchev–Trinajstić information content (AvgIpc) is 2.61. The Morgan fingerprint density at radius 3 is 2.31 bits per heavy atom. The summed E-state index contributed by atoms with van der Waals surface area (Å²) in [5.41, 5.74) is 1.22. The van der Waals surface area contributed by atoms with Gasteiger partial charge in [-0.15, -0.1) is 0 Å². The summed E-state index contributed by atoms with van der Waals surface area (Å²) in [6.45, 7) is 1.95. The number of methoxy groups -OCH3 is 2. The zero-order chi connectivity index (χ0) is 19.2. The number of ether oxygens (including phenoxy) is 2. The number of carbonyl (C=O) groups is 1. The van der Waals surface area contributed by atoms with E-state index in [0.717, 1.165) is 5.56 Å². The first-order chi connectivity index (χ1) is 12.4. The maximum absolute atomic E-state index is 12.6. The highest BCUT2D eigenvalue weighted by atomic mass is 32.2. The predicted octanol–water partition coefficient (Wildman–Crippen LogP) is 2.18. The lowest BCUT2D eigenvalue weighted by Crippen LogP contribution is -2.22. The Bertz CT molecular complexity index is 864. The summed E-state index contributed by atoms with van der Waals surface area (Å²) < 4.78 is 38.1. The number of amides is 1. The lowest BCUT2D eigenvalue weighted by molar-refractivity contribution is -0.118. The maximum Gasteiger partial charge on any atom is 0.262 e. The molecule has 0 saturated heterocycles. The van der Waals surface area contributed by atoms with Crippen LogP contribution in [-0.2, 0) is 21.2 Å². The van der Waals surface area contributed by atoms with Gasteiger partial charge in [-0.25, -0.2) is 8.42 Å². The fourth-order valence-corrected chi connectivity index (χ4v) is 3.38. The van der Waals surface area contributed by atoms with Crippen LogP contribution in [0.25, 0.3) is 0 Å². The Hall–Kier alpha value is -2.74. The van der Waals surface area contributed by atoms with Gasteiger partial charge in [0.2, 0.25) is 5.91 Å². The van der Waals surface area contributed by atoms with Gasteiger partial charge in [0.1, 0.15) is 11.5 Å². The van der Waals surface area contributed by atoms with Crippen molar-refractivity contribution >= 4 is 21.6 Å². The first-order valence-electron chi connectivity index (χ1n) is 7.94. The molecule has 0 unspecified atom stereocenters. The van der Waals surface area contributed by atoms with Crippen LogP contribution in [0.3, 0.4) is 0 Å². The maximum atomic E-state index is 12.6. The number of nitrogens with one attached hydrogen (secondary N) is 2. The molecule has 2 rings (SSSR count). The van der Waals surface area contributed by atoms with Gasteiger partial charge in [-0.05, 0) is 36.2 Å². The van der Waals surface area contributed by atoms with Crippen LogP contribution in [0.5, 0.6) is 11.5 Å². The van der Waals surface area contributed by atoms with Gasteiger partial charge in [0, 0.05) is 19.5 Å². The van der Waals surface area contributed by atoms with Crippen molar-refractivity contribution in [3.05, 3.63) is 48.0 Å². The fraction of sp³-hybridized carbons (Fsp3) is 0.278. The van der Waals surface area contributed by atoms with Gasteiger partial charge in [-0.2, -0.15) is 0 Å². The van der Waals surface area contributed by atoms with Crippen molar-refractivity contribution in [2.75, 3.05) is 25.5 Å². The Balaban J connectivity index is 2.16. The molecule has 8 heteroatoms. The Morgan fingerprint density at radius 2 is 1.73 bits per heavy atom. The van der Waals surface area contributed by atoms with Crippen LogP contribution in [-0.4, -0.2) is 35.1 Å². The second kappa shape index (κ2) is 8.57. The van der Waals surface area contributed by atoms with Gasteiger partial charge in [0.15, 0.2) is 0 Å². The van der Waals surface area contributed by atoms with E-state index in [1.54, 1.807) is 30.3 Å². The number of rotatable bonds is 8. The van der Waals surface area contributed by atoms with E-state index < -0.39 is 10.0 Å². The minimum atomic E-state index is -3.78. The molecule has 140 valence electrons. The number of carbonyl (C=O) groups excluding carboxylic acids is 1. The summed E-state index contributed by atoms with van der Waals surface area (Å²) >= 11 is 0. The summed E-state index contributed by atoms with van der Waals surface area (Å²) in [7, 11) is -0.815. The van der Waals surface area contributed by atoms with Gasteiger partial charge < -0.3 is 14.8 Å². The number of hydrogen-bond donors (Lipinski definition) is 2. The molecule has 0 saturated carbocycles. The second-order valence-corrected chi connectivity index (χ2v) is 7.23. The number of benzene rings is 2. The van der Waals surface area contributed by atoms with Crippen LogP contribution in [0, 0.1) is 0 Å². The Morgan fingerprint density at radius 1 is 1.04 bits per heavy atom. The van der Waals surface area contributed by atoms with Gasteiger partial charge >= 0.3 is 0 Å². The van der Waals surface area contributed by atoms with Crippen molar-refractivity contribution in [1.29, 1.82) is 0 Å². The number of anilines is 1. The molecule has 26 heavy (non-hydrogen) atoms. The molecule has 0 bridgehead atoms. The van der Waals surface area contributed by atoms with Crippen LogP contribution in [0.4, 0.5) is 5.69 Å². The third-order valence-corrected chi connectivity index (χ3v) is 5.05. The molecule has 2 N–H and O–H groups in total. The quantitative estimate of drug-likeness (QED) is 0.734.